The van der Waals surface area contributed by atoms with E-state index in [4.69, 9.17) is 0 Å². The first kappa shape index (κ1) is 10.3. The number of carbonyl (C=O) groups excluding carboxylic acids is 1. The summed E-state index contributed by atoms with van der Waals surface area (Å²) in [7, 11) is 1.35. The van der Waals surface area contributed by atoms with Crippen LogP contribution < -0.4 is 10.6 Å². The quantitative estimate of drug-likeness (QED) is 0.603. The summed E-state index contributed by atoms with van der Waals surface area (Å²) in [5.41, 5.74) is 0. The van der Waals surface area contributed by atoms with Crippen molar-refractivity contribution >= 4 is 5.91 Å². The van der Waals surface area contributed by atoms with Crippen molar-refractivity contribution in [1.82, 2.24) is 10.6 Å². The molecular weight excluding hydrogens is 189 g/mol. The van der Waals surface area contributed by atoms with E-state index in [0.29, 0.717) is 0 Å². The van der Waals surface area contributed by atoms with E-state index in [0.717, 1.165) is 0 Å². The number of hydrogen-bond donors (Lipinski definition) is 2. The predicted octanol–water partition coefficient (Wildman–Crippen LogP) is -0.391. The maximum atomic E-state index is 12.0. The average molecular weight is 198 g/mol. The van der Waals surface area contributed by atoms with Crippen LogP contribution in [0.2, 0.25) is 0 Å². The Morgan fingerprint density at radius 2 is 2.23 bits per heavy atom. The van der Waals surface area contributed by atoms with Gasteiger partial charge in [-0.05, 0) is 0 Å². The fraction of sp³-hybridized carbons (Fsp3) is 0.833. The Labute approximate surface area is 72.4 Å². The van der Waals surface area contributed by atoms with Crippen molar-refractivity contribution in [2.24, 2.45) is 0 Å². The Morgan fingerprint density at radius 3 is 2.62 bits per heavy atom. The largest absolute Gasteiger partial charge is 0.428 e. The number of rotatable bonds is 1. The average Bonchev–Trinajstić information content (AvgIpc) is 2.50. The number of carbonyl (C=O) groups is 1. The summed E-state index contributed by atoms with van der Waals surface area (Å²) in [6.07, 6.45) is -6.50. The molecule has 13 heavy (non-hydrogen) atoms. The molecule has 1 fully saturated rings. The van der Waals surface area contributed by atoms with E-state index in [2.05, 4.69) is 10.1 Å². The van der Waals surface area contributed by atoms with Gasteiger partial charge < -0.3 is 10.1 Å². The van der Waals surface area contributed by atoms with Crippen molar-refractivity contribution in [2.75, 3.05) is 13.7 Å². The third-order valence-corrected chi connectivity index (χ3v) is 1.64. The molecule has 1 saturated heterocycles. The van der Waals surface area contributed by atoms with Gasteiger partial charge in [0.05, 0.1) is 6.61 Å². The molecule has 0 unspecified atom stereocenters. The summed E-state index contributed by atoms with van der Waals surface area (Å²) in [6, 6.07) is -0.920. The van der Waals surface area contributed by atoms with Gasteiger partial charge in [0.2, 0.25) is 12.1 Å². The van der Waals surface area contributed by atoms with Crippen LogP contribution in [0.1, 0.15) is 0 Å². The zero-order valence-corrected chi connectivity index (χ0v) is 6.81. The fourth-order valence-electron chi connectivity index (χ4n) is 0.986. The molecule has 0 aromatic carbocycles. The smallest absolute Gasteiger partial charge is 0.358 e. The molecule has 2 N–H and O–H groups in total. The Morgan fingerprint density at radius 1 is 1.62 bits per heavy atom. The molecule has 1 aliphatic rings. The van der Waals surface area contributed by atoms with Crippen LogP contribution in [0.3, 0.4) is 0 Å². The molecule has 2 atom stereocenters. The van der Waals surface area contributed by atoms with Crippen molar-refractivity contribution in [3.05, 3.63) is 0 Å². The van der Waals surface area contributed by atoms with Crippen molar-refractivity contribution < 1.29 is 22.7 Å². The minimum absolute atomic E-state index is 0.260. The van der Waals surface area contributed by atoms with Crippen molar-refractivity contribution in [1.29, 1.82) is 0 Å². The number of likely N-dealkylation sites (N-methyl/N-ethyl adjacent to an activating group) is 1. The first-order valence-corrected chi connectivity index (χ1v) is 3.61. The Balaban J connectivity index is 2.50. The van der Waals surface area contributed by atoms with Crippen LogP contribution in [-0.2, 0) is 9.53 Å². The molecule has 4 nitrogen and oxygen atoms in total. The van der Waals surface area contributed by atoms with E-state index >= 15 is 0 Å². The molecule has 1 amide bonds. The lowest BCUT2D eigenvalue weighted by Crippen LogP contribution is -2.47. The molecule has 1 aliphatic heterocycles. The Hall–Kier alpha value is -0.820. The first-order valence-electron chi connectivity index (χ1n) is 3.61. The van der Waals surface area contributed by atoms with Crippen LogP contribution >= 0.6 is 0 Å². The molecule has 0 radical (unpaired) electrons. The first-order chi connectivity index (χ1) is 5.95. The summed E-state index contributed by atoms with van der Waals surface area (Å²) in [5.74, 6) is -0.508. The van der Waals surface area contributed by atoms with Crippen LogP contribution in [0.25, 0.3) is 0 Å². The topological polar surface area (TPSA) is 50.4 Å². The number of hydrogen-bond acceptors (Lipinski definition) is 3. The molecule has 7 heteroatoms. The summed E-state index contributed by atoms with van der Waals surface area (Å²) < 4.78 is 40.3. The summed E-state index contributed by atoms with van der Waals surface area (Å²) in [4.78, 5) is 10.9. The van der Waals surface area contributed by atoms with E-state index in [9.17, 15) is 18.0 Å². The lowest BCUT2D eigenvalue weighted by molar-refractivity contribution is -0.212. The number of nitrogens with one attached hydrogen (secondary N) is 2. The van der Waals surface area contributed by atoms with Crippen LogP contribution in [0.5, 0.6) is 0 Å². The van der Waals surface area contributed by atoms with E-state index in [1.54, 1.807) is 0 Å². The van der Waals surface area contributed by atoms with E-state index in [1.165, 1.54) is 7.05 Å². The molecular formula is C6H9F3N2O2. The van der Waals surface area contributed by atoms with Gasteiger partial charge in [0, 0.05) is 7.05 Å². The highest BCUT2D eigenvalue weighted by Gasteiger charge is 2.46. The molecule has 0 bridgehead atoms. The molecule has 1 rings (SSSR count). The number of alkyl halides is 3. The van der Waals surface area contributed by atoms with E-state index in [1.807, 2.05) is 5.32 Å². The lowest BCUT2D eigenvalue weighted by atomic mass is 10.3. The highest BCUT2D eigenvalue weighted by atomic mass is 19.4. The Kier molecular flexibility index (Phi) is 2.77. The maximum absolute atomic E-state index is 12.0. The monoisotopic (exact) mass is 198 g/mol. The van der Waals surface area contributed by atoms with Gasteiger partial charge in [0.15, 0.2) is 0 Å². The van der Waals surface area contributed by atoms with E-state index in [-0.39, 0.29) is 6.61 Å². The maximum Gasteiger partial charge on any atom is 0.428 e. The summed E-state index contributed by atoms with van der Waals surface area (Å²) in [5, 5.41) is 4.25. The normalized spacial score (nSPS) is 28.9. The zero-order chi connectivity index (χ0) is 10.1. The summed E-state index contributed by atoms with van der Waals surface area (Å²) >= 11 is 0. The van der Waals surface area contributed by atoms with Crippen molar-refractivity contribution in [2.45, 2.75) is 18.4 Å². The summed E-state index contributed by atoms with van der Waals surface area (Å²) in [6.45, 7) is -0.260. The van der Waals surface area contributed by atoms with Crippen molar-refractivity contribution in [3.63, 3.8) is 0 Å². The highest BCUT2D eigenvalue weighted by Crippen LogP contribution is 2.24. The Bertz CT molecular complexity index is 207. The van der Waals surface area contributed by atoms with Gasteiger partial charge in [-0.1, -0.05) is 0 Å². The third kappa shape index (κ3) is 2.31. The van der Waals surface area contributed by atoms with Crippen LogP contribution in [0.4, 0.5) is 13.2 Å². The van der Waals surface area contributed by atoms with Crippen LogP contribution in [-0.4, -0.2) is 38.0 Å². The van der Waals surface area contributed by atoms with Crippen molar-refractivity contribution in [3.8, 4) is 0 Å². The molecule has 76 valence electrons. The molecule has 1 heterocycles. The van der Waals surface area contributed by atoms with Gasteiger partial charge in [-0.3, -0.25) is 10.1 Å². The number of ether oxygens (including phenoxy) is 1. The van der Waals surface area contributed by atoms with Crippen LogP contribution in [0, 0.1) is 0 Å². The van der Waals surface area contributed by atoms with Gasteiger partial charge in [-0.15, -0.1) is 0 Å². The van der Waals surface area contributed by atoms with Crippen LogP contribution in [0.15, 0.2) is 0 Å². The minimum Gasteiger partial charge on any atom is -0.358 e. The highest BCUT2D eigenvalue weighted by molar-refractivity contribution is 5.81. The van der Waals surface area contributed by atoms with Gasteiger partial charge in [-0.2, -0.15) is 13.2 Å². The molecule has 0 saturated carbocycles. The molecule has 0 aliphatic carbocycles. The van der Waals surface area contributed by atoms with E-state index < -0.39 is 24.4 Å². The fourth-order valence-corrected chi connectivity index (χ4v) is 0.986. The second kappa shape index (κ2) is 3.51. The minimum atomic E-state index is -4.47. The molecule has 0 aromatic rings. The standard InChI is InChI=1S/C6H9F3N2O2/c1-10-4(12)3-2-13-5(11-3)6(7,8)9/h3,5,11H,2H2,1H3,(H,10,12)/t3-,5-/m0/s1. The second-order valence-electron chi connectivity index (χ2n) is 2.59. The third-order valence-electron chi connectivity index (χ3n) is 1.64. The van der Waals surface area contributed by atoms with Gasteiger partial charge in [0.25, 0.3) is 0 Å². The second-order valence-corrected chi connectivity index (χ2v) is 2.59. The van der Waals surface area contributed by atoms with Gasteiger partial charge >= 0.3 is 6.18 Å². The number of halogens is 3. The predicted molar refractivity (Wildman–Crippen MR) is 36.8 cm³/mol. The van der Waals surface area contributed by atoms with Gasteiger partial charge in [-0.25, -0.2) is 0 Å². The lowest BCUT2D eigenvalue weighted by Gasteiger charge is -2.14. The SMILES string of the molecule is CNC(=O)[C@@H]1CO[C@@H](C(F)(F)F)N1. The number of amides is 1. The van der Waals surface area contributed by atoms with Gasteiger partial charge in [0.1, 0.15) is 6.04 Å². The zero-order valence-electron chi connectivity index (χ0n) is 6.81. The molecule has 0 aromatic heterocycles. The molecule has 0 spiro atoms.